The Bertz CT molecular complexity index is 745. The monoisotopic (exact) mass is 242 g/mol. The van der Waals surface area contributed by atoms with Gasteiger partial charge in [0.2, 0.25) is 0 Å². The van der Waals surface area contributed by atoms with Gasteiger partial charge in [-0.3, -0.25) is 4.79 Å². The maximum atomic E-state index is 12.0. The number of aromatic nitrogens is 2. The zero-order valence-electron chi connectivity index (χ0n) is 9.64. The number of ether oxygens (including phenoxy) is 1. The fourth-order valence-corrected chi connectivity index (χ4v) is 1.84. The lowest BCUT2D eigenvalue weighted by Gasteiger charge is -2.05. The quantitative estimate of drug-likeness (QED) is 0.747. The first-order valence-corrected chi connectivity index (χ1v) is 5.39. The highest BCUT2D eigenvalue weighted by atomic mass is 16.5. The third-order valence-electron chi connectivity index (χ3n) is 2.71. The zero-order chi connectivity index (χ0) is 12.5. The molecule has 0 bridgehead atoms. The van der Waals surface area contributed by atoms with Crippen molar-refractivity contribution in [2.45, 2.75) is 0 Å². The molecule has 3 rings (SSSR count). The van der Waals surface area contributed by atoms with Crippen LogP contribution in [0.15, 0.2) is 46.0 Å². The van der Waals surface area contributed by atoms with Crippen LogP contribution < -0.4 is 10.3 Å². The minimum absolute atomic E-state index is 0.199. The summed E-state index contributed by atoms with van der Waals surface area (Å²) in [6.07, 6.45) is 3.06. The molecule has 0 aliphatic heterocycles. The van der Waals surface area contributed by atoms with Crippen molar-refractivity contribution < 1.29 is 9.15 Å². The Hall–Kier alpha value is -2.56. The molecule has 0 spiro atoms. The molecule has 5 heteroatoms. The Balaban J connectivity index is 2.35. The molecular formula is C13H10N2O3. The lowest BCUT2D eigenvalue weighted by Crippen LogP contribution is -2.09. The lowest BCUT2D eigenvalue weighted by molar-refractivity contribution is 0.419. The van der Waals surface area contributed by atoms with Crippen LogP contribution >= 0.6 is 0 Å². The Kier molecular flexibility index (Phi) is 2.37. The molecule has 0 fully saturated rings. The largest absolute Gasteiger partial charge is 0.494 e. The van der Waals surface area contributed by atoms with E-state index in [1.54, 1.807) is 31.4 Å². The van der Waals surface area contributed by atoms with Gasteiger partial charge >= 0.3 is 0 Å². The molecule has 0 radical (unpaired) electrons. The van der Waals surface area contributed by atoms with Crippen molar-refractivity contribution >= 4 is 10.9 Å². The van der Waals surface area contributed by atoms with E-state index in [4.69, 9.17) is 9.15 Å². The van der Waals surface area contributed by atoms with Crippen LogP contribution in [0.1, 0.15) is 0 Å². The van der Waals surface area contributed by atoms with Crippen LogP contribution in [0.3, 0.4) is 0 Å². The number of benzene rings is 1. The summed E-state index contributed by atoms with van der Waals surface area (Å²) in [6.45, 7) is 0. The normalized spacial score (nSPS) is 10.7. The van der Waals surface area contributed by atoms with E-state index in [2.05, 4.69) is 9.97 Å². The van der Waals surface area contributed by atoms with Gasteiger partial charge in [-0.15, -0.1) is 0 Å². The minimum atomic E-state index is -0.199. The highest BCUT2D eigenvalue weighted by Crippen LogP contribution is 2.23. The Morgan fingerprint density at radius 3 is 2.94 bits per heavy atom. The number of nitrogens with zero attached hydrogens (tertiary/aromatic N) is 1. The number of nitrogens with one attached hydrogen (secondary N) is 1. The fourth-order valence-electron chi connectivity index (χ4n) is 1.84. The molecule has 0 amide bonds. The molecule has 1 aromatic carbocycles. The first-order valence-electron chi connectivity index (χ1n) is 5.39. The predicted molar refractivity (Wildman–Crippen MR) is 66.6 cm³/mol. The van der Waals surface area contributed by atoms with Gasteiger partial charge in [0.15, 0.2) is 0 Å². The molecule has 0 saturated heterocycles. The second-order valence-corrected chi connectivity index (χ2v) is 3.78. The third-order valence-corrected chi connectivity index (χ3v) is 2.71. The average molecular weight is 242 g/mol. The van der Waals surface area contributed by atoms with E-state index in [0.29, 0.717) is 22.5 Å². The summed E-state index contributed by atoms with van der Waals surface area (Å²) in [7, 11) is 1.55. The lowest BCUT2D eigenvalue weighted by atomic mass is 10.2. The molecule has 0 aliphatic carbocycles. The minimum Gasteiger partial charge on any atom is -0.494 e. The summed E-state index contributed by atoms with van der Waals surface area (Å²) in [5.41, 5.74) is 1.06. The van der Waals surface area contributed by atoms with E-state index in [-0.39, 0.29) is 5.56 Å². The maximum Gasteiger partial charge on any atom is 0.259 e. The molecule has 1 N–H and O–H groups in total. The van der Waals surface area contributed by atoms with E-state index in [0.717, 1.165) is 5.56 Å². The standard InChI is InChI=1S/C13H10N2O3/c1-17-10-4-2-3-9-11(10)14-12(15-13(9)16)8-5-6-18-7-8/h2-7H,1H3,(H,14,15,16). The number of para-hydroxylation sites is 1. The van der Waals surface area contributed by atoms with Crippen LogP contribution in [0.5, 0.6) is 5.75 Å². The second-order valence-electron chi connectivity index (χ2n) is 3.78. The average Bonchev–Trinajstić information content (AvgIpc) is 2.92. The van der Waals surface area contributed by atoms with E-state index in [9.17, 15) is 4.79 Å². The highest BCUT2D eigenvalue weighted by Gasteiger charge is 2.10. The van der Waals surface area contributed by atoms with Gasteiger partial charge in [0.05, 0.1) is 24.3 Å². The van der Waals surface area contributed by atoms with Gasteiger partial charge in [-0.05, 0) is 18.2 Å². The molecule has 0 saturated carbocycles. The summed E-state index contributed by atoms with van der Waals surface area (Å²) >= 11 is 0. The van der Waals surface area contributed by atoms with Gasteiger partial charge in [0.1, 0.15) is 23.4 Å². The topological polar surface area (TPSA) is 68.1 Å². The molecule has 2 heterocycles. The summed E-state index contributed by atoms with van der Waals surface area (Å²) in [5, 5.41) is 0.501. The fraction of sp³-hybridized carbons (Fsp3) is 0.0769. The number of fused-ring (bicyclic) bond motifs is 1. The predicted octanol–water partition coefficient (Wildman–Crippen LogP) is 2.19. The molecule has 18 heavy (non-hydrogen) atoms. The molecule has 3 aromatic rings. The summed E-state index contributed by atoms with van der Waals surface area (Å²) < 4.78 is 10.2. The first-order chi connectivity index (χ1) is 8.79. The SMILES string of the molecule is COc1cccc2c(=O)[nH]c(-c3ccoc3)nc12. The number of hydrogen-bond acceptors (Lipinski definition) is 4. The highest BCUT2D eigenvalue weighted by molar-refractivity contribution is 5.85. The Morgan fingerprint density at radius 1 is 1.33 bits per heavy atom. The zero-order valence-corrected chi connectivity index (χ0v) is 9.64. The third kappa shape index (κ3) is 1.57. The molecule has 5 nitrogen and oxygen atoms in total. The number of rotatable bonds is 2. The van der Waals surface area contributed by atoms with E-state index in [1.807, 2.05) is 0 Å². The second kappa shape index (κ2) is 4.03. The van der Waals surface area contributed by atoms with Crippen LogP contribution in [0.2, 0.25) is 0 Å². The first kappa shape index (κ1) is 10.6. The number of hydrogen-bond donors (Lipinski definition) is 1. The van der Waals surface area contributed by atoms with Crippen LogP contribution in [0, 0.1) is 0 Å². The van der Waals surface area contributed by atoms with Gasteiger partial charge in [0.25, 0.3) is 5.56 Å². The molecule has 2 aromatic heterocycles. The van der Waals surface area contributed by atoms with Crippen molar-refractivity contribution in [3.63, 3.8) is 0 Å². The molecule has 0 unspecified atom stereocenters. The summed E-state index contributed by atoms with van der Waals surface area (Å²) in [4.78, 5) is 19.1. The van der Waals surface area contributed by atoms with E-state index in [1.165, 1.54) is 12.5 Å². The van der Waals surface area contributed by atoms with Crippen molar-refractivity contribution in [1.82, 2.24) is 9.97 Å². The maximum absolute atomic E-state index is 12.0. The summed E-state index contributed by atoms with van der Waals surface area (Å²) in [5.74, 6) is 1.04. The Morgan fingerprint density at radius 2 is 2.22 bits per heavy atom. The van der Waals surface area contributed by atoms with Crippen LogP contribution in [0.25, 0.3) is 22.3 Å². The van der Waals surface area contributed by atoms with Gasteiger partial charge in [0, 0.05) is 0 Å². The number of aromatic amines is 1. The van der Waals surface area contributed by atoms with Crippen LogP contribution in [-0.2, 0) is 0 Å². The van der Waals surface area contributed by atoms with Gasteiger partial charge < -0.3 is 14.1 Å². The van der Waals surface area contributed by atoms with Gasteiger partial charge in [-0.1, -0.05) is 6.07 Å². The molecule has 0 atom stereocenters. The Labute approximate surface area is 102 Å². The molecule has 0 aliphatic rings. The van der Waals surface area contributed by atoms with Crippen molar-refractivity contribution in [3.05, 3.63) is 47.1 Å². The van der Waals surface area contributed by atoms with E-state index < -0.39 is 0 Å². The number of furan rings is 1. The number of H-pyrrole nitrogens is 1. The molecule has 90 valence electrons. The van der Waals surface area contributed by atoms with Gasteiger partial charge in [-0.2, -0.15) is 0 Å². The van der Waals surface area contributed by atoms with Crippen molar-refractivity contribution in [3.8, 4) is 17.1 Å². The summed E-state index contributed by atoms with van der Waals surface area (Å²) in [6, 6.07) is 6.98. The van der Waals surface area contributed by atoms with Crippen molar-refractivity contribution in [1.29, 1.82) is 0 Å². The van der Waals surface area contributed by atoms with Crippen molar-refractivity contribution in [2.24, 2.45) is 0 Å². The van der Waals surface area contributed by atoms with Crippen LogP contribution in [-0.4, -0.2) is 17.1 Å². The van der Waals surface area contributed by atoms with Gasteiger partial charge in [-0.25, -0.2) is 4.98 Å². The molecular weight excluding hydrogens is 232 g/mol. The van der Waals surface area contributed by atoms with E-state index >= 15 is 0 Å². The van der Waals surface area contributed by atoms with Crippen LogP contribution in [0.4, 0.5) is 0 Å². The smallest absolute Gasteiger partial charge is 0.259 e. The number of methoxy groups -OCH3 is 1. The van der Waals surface area contributed by atoms with Crippen molar-refractivity contribution in [2.75, 3.05) is 7.11 Å².